The molecule has 0 aromatic heterocycles. The molecule has 0 bridgehead atoms. The third-order valence-corrected chi connectivity index (χ3v) is 5.74. The lowest BCUT2D eigenvalue weighted by Gasteiger charge is -2.26. The molecule has 0 aliphatic heterocycles. The van der Waals surface area contributed by atoms with E-state index in [0.717, 1.165) is 56.3 Å². The summed E-state index contributed by atoms with van der Waals surface area (Å²) < 4.78 is 5.90. The minimum absolute atomic E-state index is 0.0539. The van der Waals surface area contributed by atoms with Gasteiger partial charge in [-0.3, -0.25) is 0 Å². The van der Waals surface area contributed by atoms with Crippen molar-refractivity contribution >= 4 is 0 Å². The second-order valence-corrected chi connectivity index (χ2v) is 9.19. The number of hydrogen-bond donors (Lipinski definition) is 2. The molecule has 0 fully saturated rings. The van der Waals surface area contributed by atoms with Gasteiger partial charge in [0.2, 0.25) is 0 Å². The normalized spacial score (nSPS) is 14.8. The summed E-state index contributed by atoms with van der Waals surface area (Å²) in [6.45, 7) is 9.95. The van der Waals surface area contributed by atoms with Crippen molar-refractivity contribution in [2.75, 3.05) is 13.2 Å². The van der Waals surface area contributed by atoms with Crippen molar-refractivity contribution in [3.63, 3.8) is 0 Å². The van der Waals surface area contributed by atoms with Crippen molar-refractivity contribution in [1.82, 2.24) is 0 Å². The first kappa shape index (κ1) is 25.0. The molecule has 28 heavy (non-hydrogen) atoms. The molecule has 0 spiro atoms. The summed E-state index contributed by atoms with van der Waals surface area (Å²) in [5.74, 6) is 2.61. The SMILES string of the molecule is CCCC(N)(CO)CCc1ccc(OCCCCC(C)CCCC(C)C)cc1. The molecule has 1 rings (SSSR count). The van der Waals surface area contributed by atoms with Gasteiger partial charge in [0.05, 0.1) is 13.2 Å². The van der Waals surface area contributed by atoms with Gasteiger partial charge in [-0.1, -0.05) is 71.9 Å². The van der Waals surface area contributed by atoms with Gasteiger partial charge in [-0.25, -0.2) is 0 Å². The van der Waals surface area contributed by atoms with Gasteiger partial charge in [-0.05, 0) is 61.6 Å². The van der Waals surface area contributed by atoms with Crippen LogP contribution in [-0.2, 0) is 6.42 Å². The van der Waals surface area contributed by atoms with E-state index in [1.165, 1.54) is 37.7 Å². The Morgan fingerprint density at radius 3 is 2.25 bits per heavy atom. The fourth-order valence-electron chi connectivity index (χ4n) is 3.73. The van der Waals surface area contributed by atoms with Gasteiger partial charge in [0.25, 0.3) is 0 Å². The first-order chi connectivity index (χ1) is 13.4. The van der Waals surface area contributed by atoms with Gasteiger partial charge in [0, 0.05) is 5.54 Å². The van der Waals surface area contributed by atoms with Crippen LogP contribution in [0.1, 0.15) is 91.0 Å². The van der Waals surface area contributed by atoms with E-state index in [1.807, 2.05) is 0 Å². The molecule has 1 aromatic rings. The van der Waals surface area contributed by atoms with Crippen LogP contribution >= 0.6 is 0 Å². The van der Waals surface area contributed by atoms with Crippen LogP contribution in [0.2, 0.25) is 0 Å². The molecule has 3 heteroatoms. The molecule has 0 aliphatic carbocycles. The Hall–Kier alpha value is -1.06. The number of aliphatic hydroxyl groups is 1. The molecule has 2 atom stereocenters. The number of rotatable bonds is 16. The topological polar surface area (TPSA) is 55.5 Å². The molecule has 162 valence electrons. The summed E-state index contributed by atoms with van der Waals surface area (Å²) in [4.78, 5) is 0. The highest BCUT2D eigenvalue weighted by molar-refractivity contribution is 5.27. The molecule has 0 amide bonds. The van der Waals surface area contributed by atoms with Gasteiger partial charge >= 0.3 is 0 Å². The molecule has 0 radical (unpaired) electrons. The lowest BCUT2D eigenvalue weighted by molar-refractivity contribution is 0.177. The fraction of sp³-hybridized carbons (Fsp3) is 0.760. The van der Waals surface area contributed by atoms with E-state index in [-0.39, 0.29) is 6.61 Å². The van der Waals surface area contributed by atoms with Crippen LogP contribution in [0, 0.1) is 11.8 Å². The number of aliphatic hydroxyl groups excluding tert-OH is 1. The largest absolute Gasteiger partial charge is 0.494 e. The van der Waals surface area contributed by atoms with E-state index in [4.69, 9.17) is 10.5 Å². The third kappa shape index (κ3) is 11.1. The summed E-state index contributed by atoms with van der Waals surface area (Å²) in [6, 6.07) is 8.35. The van der Waals surface area contributed by atoms with Crippen molar-refractivity contribution in [2.45, 2.75) is 97.4 Å². The summed E-state index contributed by atoms with van der Waals surface area (Å²) in [5, 5.41) is 9.53. The Bertz CT molecular complexity index is 500. The second kappa shape index (κ2) is 14.0. The summed E-state index contributed by atoms with van der Waals surface area (Å²) in [7, 11) is 0. The average Bonchev–Trinajstić information content (AvgIpc) is 2.67. The average molecular weight is 392 g/mol. The van der Waals surface area contributed by atoms with Crippen LogP contribution in [0.25, 0.3) is 0 Å². The number of aryl methyl sites for hydroxylation is 1. The van der Waals surface area contributed by atoms with Gasteiger partial charge in [0.1, 0.15) is 5.75 Å². The van der Waals surface area contributed by atoms with E-state index in [9.17, 15) is 5.11 Å². The molecule has 3 N–H and O–H groups in total. The predicted octanol–water partition coefficient (Wildman–Crippen LogP) is 6.12. The zero-order chi connectivity index (χ0) is 20.8. The molecule has 0 saturated carbocycles. The molecule has 1 aromatic carbocycles. The Morgan fingerprint density at radius 1 is 0.964 bits per heavy atom. The zero-order valence-electron chi connectivity index (χ0n) is 18.9. The van der Waals surface area contributed by atoms with Gasteiger partial charge < -0.3 is 15.6 Å². The fourth-order valence-corrected chi connectivity index (χ4v) is 3.73. The monoisotopic (exact) mass is 391 g/mol. The van der Waals surface area contributed by atoms with Crippen LogP contribution in [0.4, 0.5) is 0 Å². The highest BCUT2D eigenvalue weighted by Gasteiger charge is 2.22. The number of unbranched alkanes of at least 4 members (excludes halogenated alkanes) is 1. The molecule has 0 aliphatic rings. The summed E-state index contributed by atoms with van der Waals surface area (Å²) >= 11 is 0. The molecule has 3 nitrogen and oxygen atoms in total. The van der Waals surface area contributed by atoms with Gasteiger partial charge in [0.15, 0.2) is 0 Å². The molecular formula is C25H45NO2. The van der Waals surface area contributed by atoms with E-state index >= 15 is 0 Å². The van der Waals surface area contributed by atoms with Gasteiger partial charge in [-0.2, -0.15) is 0 Å². The van der Waals surface area contributed by atoms with E-state index < -0.39 is 5.54 Å². The first-order valence-corrected chi connectivity index (χ1v) is 11.5. The predicted molar refractivity (Wildman–Crippen MR) is 121 cm³/mol. The molecule has 2 unspecified atom stereocenters. The number of hydrogen-bond acceptors (Lipinski definition) is 3. The minimum Gasteiger partial charge on any atom is -0.494 e. The maximum atomic E-state index is 9.53. The molecule has 0 heterocycles. The Kier molecular flexibility index (Phi) is 12.5. The molecule has 0 saturated heterocycles. The van der Waals surface area contributed by atoms with Gasteiger partial charge in [-0.15, -0.1) is 0 Å². The van der Waals surface area contributed by atoms with Crippen molar-refractivity contribution in [2.24, 2.45) is 17.6 Å². The second-order valence-electron chi connectivity index (χ2n) is 9.19. The Labute approximate surface area is 174 Å². The number of nitrogens with two attached hydrogens (primary N) is 1. The Morgan fingerprint density at radius 2 is 1.64 bits per heavy atom. The summed E-state index contributed by atoms with van der Waals surface area (Å²) in [6.07, 6.45) is 11.3. The standard InChI is InChI=1S/C25H45NO2/c1-5-17-25(26,20-27)18-16-23-12-14-24(15-13-23)28-19-7-6-10-22(4)11-8-9-21(2)3/h12-15,21-22,27H,5-11,16-20,26H2,1-4H3. The van der Waals surface area contributed by atoms with Crippen LogP contribution in [-0.4, -0.2) is 23.9 Å². The number of benzene rings is 1. The van der Waals surface area contributed by atoms with E-state index in [2.05, 4.69) is 52.0 Å². The quantitative estimate of drug-likeness (QED) is 0.334. The Balaban J connectivity index is 2.19. The van der Waals surface area contributed by atoms with E-state index in [0.29, 0.717) is 0 Å². The lowest BCUT2D eigenvalue weighted by Crippen LogP contribution is -2.43. The third-order valence-electron chi connectivity index (χ3n) is 5.74. The van der Waals surface area contributed by atoms with Crippen molar-refractivity contribution in [3.8, 4) is 5.75 Å². The highest BCUT2D eigenvalue weighted by Crippen LogP contribution is 2.20. The number of ether oxygens (including phenoxy) is 1. The van der Waals surface area contributed by atoms with Crippen molar-refractivity contribution < 1.29 is 9.84 Å². The minimum atomic E-state index is -0.449. The van der Waals surface area contributed by atoms with Crippen LogP contribution in [0.3, 0.4) is 0 Å². The smallest absolute Gasteiger partial charge is 0.119 e. The van der Waals surface area contributed by atoms with Crippen LogP contribution < -0.4 is 10.5 Å². The van der Waals surface area contributed by atoms with Crippen LogP contribution in [0.15, 0.2) is 24.3 Å². The first-order valence-electron chi connectivity index (χ1n) is 11.5. The highest BCUT2D eigenvalue weighted by atomic mass is 16.5. The molecular weight excluding hydrogens is 346 g/mol. The van der Waals surface area contributed by atoms with Crippen LogP contribution in [0.5, 0.6) is 5.75 Å². The zero-order valence-corrected chi connectivity index (χ0v) is 18.9. The lowest BCUT2D eigenvalue weighted by atomic mass is 9.89. The maximum Gasteiger partial charge on any atom is 0.119 e. The summed E-state index contributed by atoms with van der Waals surface area (Å²) in [5.41, 5.74) is 7.07. The van der Waals surface area contributed by atoms with Crippen molar-refractivity contribution in [1.29, 1.82) is 0 Å². The maximum absolute atomic E-state index is 9.53. The van der Waals surface area contributed by atoms with E-state index in [1.54, 1.807) is 0 Å². The van der Waals surface area contributed by atoms with Crippen molar-refractivity contribution in [3.05, 3.63) is 29.8 Å².